The third-order valence-corrected chi connectivity index (χ3v) is 1.04. The van der Waals surface area contributed by atoms with E-state index in [0.29, 0.717) is 5.71 Å². The van der Waals surface area contributed by atoms with E-state index in [1.54, 1.807) is 20.8 Å². The molecule has 0 rings (SSSR count). The fraction of sp³-hybridized carbons (Fsp3) is 0.800. The average Bonchev–Trinajstić information content (AvgIpc) is 1.62. The Morgan fingerprint density at radius 1 is 1.44 bits per heavy atom. The predicted molar refractivity (Wildman–Crippen MR) is 31.2 cm³/mol. The van der Waals surface area contributed by atoms with Crippen molar-refractivity contribution in [2.24, 2.45) is 5.16 Å². The molecule has 0 saturated heterocycles. The molecule has 0 fully saturated rings. The van der Waals surface area contributed by atoms with E-state index in [-0.39, 0.29) is 17.1 Å². The normalized spacial score (nSPS) is 12.7. The Labute approximate surface area is 65.2 Å². The second-order valence-electron chi connectivity index (χ2n) is 2.24. The molecule has 0 aliphatic heterocycles. The van der Waals surface area contributed by atoms with Crippen molar-refractivity contribution in [3.63, 3.8) is 0 Å². The summed E-state index contributed by atoms with van der Waals surface area (Å²) in [5.74, 6) is 0. The Bertz CT molecular complexity index is 106. The van der Waals surface area contributed by atoms with Crippen molar-refractivity contribution in [3.8, 4) is 0 Å². The van der Waals surface area contributed by atoms with Crippen LogP contribution in [0.5, 0.6) is 0 Å². The van der Waals surface area contributed by atoms with Gasteiger partial charge in [0.25, 0.3) is 0 Å². The molecule has 3 nitrogen and oxygen atoms in total. The molecule has 0 heterocycles. The van der Waals surface area contributed by atoms with E-state index in [4.69, 9.17) is 10.3 Å². The second-order valence-corrected chi connectivity index (χ2v) is 2.24. The molecular formula is C5H11MnNO2. The summed E-state index contributed by atoms with van der Waals surface area (Å²) in [4.78, 5) is 0. The largest absolute Gasteiger partial charge is 0.411 e. The van der Waals surface area contributed by atoms with Gasteiger partial charge in [-0.05, 0) is 20.8 Å². The third-order valence-electron chi connectivity index (χ3n) is 1.04. The van der Waals surface area contributed by atoms with E-state index in [2.05, 4.69) is 5.16 Å². The van der Waals surface area contributed by atoms with Crippen LogP contribution in [0, 0.1) is 0 Å². The third kappa shape index (κ3) is 4.45. The average molecular weight is 172 g/mol. The first-order valence-electron chi connectivity index (χ1n) is 2.40. The number of oxime groups is 1. The molecule has 0 aliphatic carbocycles. The van der Waals surface area contributed by atoms with Gasteiger partial charge in [0.15, 0.2) is 0 Å². The zero-order valence-electron chi connectivity index (χ0n) is 5.72. The fourth-order valence-corrected chi connectivity index (χ4v) is 0.122. The van der Waals surface area contributed by atoms with Gasteiger partial charge in [-0.1, -0.05) is 5.16 Å². The van der Waals surface area contributed by atoms with Gasteiger partial charge in [-0.2, -0.15) is 0 Å². The van der Waals surface area contributed by atoms with Gasteiger partial charge < -0.3 is 10.3 Å². The summed E-state index contributed by atoms with van der Waals surface area (Å²) in [7, 11) is 0. The van der Waals surface area contributed by atoms with Crippen molar-refractivity contribution < 1.29 is 27.4 Å². The molecule has 0 aliphatic rings. The molecule has 55 valence electrons. The van der Waals surface area contributed by atoms with Gasteiger partial charge in [0.1, 0.15) is 5.60 Å². The van der Waals surface area contributed by atoms with Gasteiger partial charge in [-0.15, -0.1) is 0 Å². The van der Waals surface area contributed by atoms with E-state index in [1.165, 1.54) is 0 Å². The minimum Gasteiger partial charge on any atom is -0.411 e. The first-order chi connectivity index (χ1) is 3.48. The summed E-state index contributed by atoms with van der Waals surface area (Å²) in [5.41, 5.74) is -0.674. The van der Waals surface area contributed by atoms with Crippen LogP contribution >= 0.6 is 0 Å². The fourth-order valence-electron chi connectivity index (χ4n) is 0.122. The summed E-state index contributed by atoms with van der Waals surface area (Å²) in [6, 6.07) is 0. The molecule has 0 bridgehead atoms. The number of nitrogens with zero attached hydrogens (tertiary/aromatic N) is 1. The summed E-state index contributed by atoms with van der Waals surface area (Å²) in [6.07, 6.45) is 0. The molecule has 0 spiro atoms. The Morgan fingerprint density at radius 3 is 1.78 bits per heavy atom. The molecule has 0 atom stereocenters. The van der Waals surface area contributed by atoms with Gasteiger partial charge in [-0.3, -0.25) is 0 Å². The van der Waals surface area contributed by atoms with Crippen LogP contribution in [0.25, 0.3) is 0 Å². The molecule has 9 heavy (non-hydrogen) atoms. The van der Waals surface area contributed by atoms with Gasteiger partial charge in [0.2, 0.25) is 0 Å². The molecule has 0 aromatic heterocycles. The van der Waals surface area contributed by atoms with Crippen LogP contribution < -0.4 is 0 Å². The number of hydrogen-bond acceptors (Lipinski definition) is 3. The number of aliphatic hydroxyl groups is 1. The Morgan fingerprint density at radius 2 is 1.78 bits per heavy atom. The van der Waals surface area contributed by atoms with E-state index < -0.39 is 5.60 Å². The SMILES string of the molecule is C/C(=N\O)C(C)(C)O.[Mn]. The Balaban J connectivity index is 0. The maximum absolute atomic E-state index is 9.00. The molecule has 2 N–H and O–H groups in total. The smallest absolute Gasteiger partial charge is 0.100 e. The van der Waals surface area contributed by atoms with Gasteiger partial charge in [0, 0.05) is 17.1 Å². The van der Waals surface area contributed by atoms with E-state index >= 15 is 0 Å². The predicted octanol–water partition coefficient (Wildman–Crippen LogP) is 0.605. The minimum absolute atomic E-state index is 0. The molecule has 0 saturated carbocycles. The molecule has 1 radical (unpaired) electrons. The monoisotopic (exact) mass is 172 g/mol. The zero-order chi connectivity index (χ0) is 6.78. The van der Waals surface area contributed by atoms with E-state index in [1.807, 2.05) is 0 Å². The van der Waals surface area contributed by atoms with Crippen molar-refractivity contribution in [2.45, 2.75) is 26.4 Å². The standard InChI is InChI=1S/C5H11NO2.Mn/c1-4(6-8)5(2,3)7;/h7-8H,1-3H3;/b6-4+;. The quantitative estimate of drug-likeness (QED) is 0.263. The number of rotatable bonds is 1. The molecule has 0 aromatic carbocycles. The van der Waals surface area contributed by atoms with Crippen LogP contribution in [0.4, 0.5) is 0 Å². The summed E-state index contributed by atoms with van der Waals surface area (Å²) in [5, 5.41) is 19.9. The zero-order valence-corrected chi connectivity index (χ0v) is 6.90. The van der Waals surface area contributed by atoms with Crippen LogP contribution in [-0.2, 0) is 17.1 Å². The second kappa shape index (κ2) is 3.88. The Kier molecular flexibility index (Phi) is 5.05. The van der Waals surface area contributed by atoms with Crippen molar-refractivity contribution in [1.82, 2.24) is 0 Å². The molecule has 4 heteroatoms. The maximum Gasteiger partial charge on any atom is 0.100 e. The van der Waals surface area contributed by atoms with Crippen molar-refractivity contribution in [2.75, 3.05) is 0 Å². The van der Waals surface area contributed by atoms with Gasteiger partial charge in [0.05, 0.1) is 5.71 Å². The van der Waals surface area contributed by atoms with Gasteiger partial charge >= 0.3 is 0 Å². The van der Waals surface area contributed by atoms with Gasteiger partial charge in [-0.25, -0.2) is 0 Å². The maximum atomic E-state index is 9.00. The van der Waals surface area contributed by atoms with Crippen LogP contribution in [0.2, 0.25) is 0 Å². The van der Waals surface area contributed by atoms with Crippen LogP contribution in [0.3, 0.4) is 0 Å². The summed E-state index contributed by atoms with van der Waals surface area (Å²) >= 11 is 0. The first-order valence-corrected chi connectivity index (χ1v) is 2.40. The van der Waals surface area contributed by atoms with E-state index in [0.717, 1.165) is 0 Å². The molecule has 0 unspecified atom stereocenters. The van der Waals surface area contributed by atoms with Crippen LogP contribution in [0.1, 0.15) is 20.8 Å². The Hall–Kier alpha value is -0.0505. The first kappa shape index (κ1) is 11.7. The van der Waals surface area contributed by atoms with Crippen molar-refractivity contribution in [1.29, 1.82) is 0 Å². The molecule has 0 aromatic rings. The summed E-state index contributed by atoms with van der Waals surface area (Å²) in [6.45, 7) is 4.67. The minimum atomic E-state index is -0.991. The van der Waals surface area contributed by atoms with Crippen molar-refractivity contribution in [3.05, 3.63) is 0 Å². The topological polar surface area (TPSA) is 52.8 Å². The molecule has 0 amide bonds. The van der Waals surface area contributed by atoms with Crippen molar-refractivity contribution >= 4 is 5.71 Å². The molecular weight excluding hydrogens is 161 g/mol. The number of hydrogen-bond donors (Lipinski definition) is 2. The van der Waals surface area contributed by atoms with Crippen LogP contribution in [-0.4, -0.2) is 21.6 Å². The van der Waals surface area contributed by atoms with E-state index in [9.17, 15) is 0 Å². The summed E-state index contributed by atoms with van der Waals surface area (Å²) < 4.78 is 0. The van der Waals surface area contributed by atoms with Crippen LogP contribution in [0.15, 0.2) is 5.16 Å².